The molecule has 0 bridgehead atoms. The first-order valence-electron chi connectivity index (χ1n) is 5.86. The minimum Gasteiger partial charge on any atom is -0.497 e. The number of nitrogens with two attached hydrogens (primary N) is 1. The fourth-order valence-electron chi connectivity index (χ4n) is 1.91. The zero-order valence-corrected chi connectivity index (χ0v) is 11.4. The SMILES string of the molecule is COC(=O)c1c(N)c(C#N)cn1-c1cc(OC)ccc1F. The van der Waals surface area contributed by atoms with Crippen molar-refractivity contribution in [3.8, 4) is 17.5 Å². The molecule has 0 aliphatic carbocycles. The molecule has 0 saturated heterocycles. The van der Waals surface area contributed by atoms with Gasteiger partial charge in [0.25, 0.3) is 0 Å². The van der Waals surface area contributed by atoms with Crippen molar-refractivity contribution >= 4 is 11.7 Å². The molecule has 2 aromatic rings. The highest BCUT2D eigenvalue weighted by molar-refractivity contribution is 5.96. The van der Waals surface area contributed by atoms with Crippen molar-refractivity contribution in [2.45, 2.75) is 0 Å². The zero-order chi connectivity index (χ0) is 15.6. The lowest BCUT2D eigenvalue weighted by Crippen LogP contribution is -2.12. The van der Waals surface area contributed by atoms with Gasteiger partial charge in [0.05, 0.1) is 31.2 Å². The third-order valence-electron chi connectivity index (χ3n) is 2.96. The monoisotopic (exact) mass is 289 g/mol. The number of ether oxygens (including phenoxy) is 2. The molecule has 0 saturated carbocycles. The molecule has 0 spiro atoms. The minimum atomic E-state index is -0.767. The van der Waals surface area contributed by atoms with Crippen LogP contribution in [0.3, 0.4) is 0 Å². The average Bonchev–Trinajstić information content (AvgIpc) is 2.83. The Morgan fingerprint density at radius 3 is 2.71 bits per heavy atom. The van der Waals surface area contributed by atoms with Gasteiger partial charge in [-0.05, 0) is 12.1 Å². The molecular weight excluding hydrogens is 277 g/mol. The van der Waals surface area contributed by atoms with E-state index in [9.17, 15) is 9.18 Å². The van der Waals surface area contributed by atoms with E-state index in [2.05, 4.69) is 4.74 Å². The Labute approximate surface area is 120 Å². The fraction of sp³-hybridized carbons (Fsp3) is 0.143. The van der Waals surface area contributed by atoms with Crippen molar-refractivity contribution < 1.29 is 18.7 Å². The molecule has 0 amide bonds. The number of hydrogen-bond acceptors (Lipinski definition) is 5. The van der Waals surface area contributed by atoms with Gasteiger partial charge in [-0.1, -0.05) is 0 Å². The maximum atomic E-state index is 14.0. The van der Waals surface area contributed by atoms with E-state index in [4.69, 9.17) is 15.7 Å². The van der Waals surface area contributed by atoms with Gasteiger partial charge in [0.1, 0.15) is 17.6 Å². The second-order valence-corrected chi connectivity index (χ2v) is 4.10. The second-order valence-electron chi connectivity index (χ2n) is 4.10. The first-order chi connectivity index (χ1) is 10.0. The van der Waals surface area contributed by atoms with Crippen LogP contribution >= 0.6 is 0 Å². The molecule has 1 aromatic heterocycles. The summed E-state index contributed by atoms with van der Waals surface area (Å²) in [5, 5.41) is 9.01. The van der Waals surface area contributed by atoms with Crippen molar-refractivity contribution in [3.63, 3.8) is 0 Å². The van der Waals surface area contributed by atoms with Crippen LogP contribution in [-0.4, -0.2) is 24.8 Å². The van der Waals surface area contributed by atoms with E-state index in [1.165, 1.54) is 43.2 Å². The quantitative estimate of drug-likeness (QED) is 0.871. The maximum Gasteiger partial charge on any atom is 0.357 e. The predicted molar refractivity (Wildman–Crippen MR) is 72.7 cm³/mol. The van der Waals surface area contributed by atoms with E-state index in [0.29, 0.717) is 5.75 Å². The molecule has 0 aliphatic heterocycles. The fourth-order valence-corrected chi connectivity index (χ4v) is 1.91. The van der Waals surface area contributed by atoms with Gasteiger partial charge in [-0.25, -0.2) is 9.18 Å². The van der Waals surface area contributed by atoms with E-state index in [-0.39, 0.29) is 22.6 Å². The normalized spacial score (nSPS) is 10.0. The molecule has 0 atom stereocenters. The molecule has 0 aliphatic rings. The lowest BCUT2D eigenvalue weighted by Gasteiger charge is -2.10. The first kappa shape index (κ1) is 14.4. The smallest absolute Gasteiger partial charge is 0.357 e. The van der Waals surface area contributed by atoms with Crippen LogP contribution in [0.2, 0.25) is 0 Å². The van der Waals surface area contributed by atoms with Crippen LogP contribution in [0.1, 0.15) is 16.1 Å². The number of methoxy groups -OCH3 is 2. The van der Waals surface area contributed by atoms with Gasteiger partial charge in [-0.15, -0.1) is 0 Å². The van der Waals surface area contributed by atoms with Crippen LogP contribution in [0, 0.1) is 17.1 Å². The van der Waals surface area contributed by atoms with Gasteiger partial charge >= 0.3 is 5.97 Å². The number of esters is 1. The highest BCUT2D eigenvalue weighted by Crippen LogP contribution is 2.28. The number of nitriles is 1. The summed E-state index contributed by atoms with van der Waals surface area (Å²) in [5.41, 5.74) is 5.66. The third-order valence-corrected chi connectivity index (χ3v) is 2.96. The van der Waals surface area contributed by atoms with Gasteiger partial charge in [0, 0.05) is 12.3 Å². The largest absolute Gasteiger partial charge is 0.497 e. The van der Waals surface area contributed by atoms with Crippen molar-refractivity contribution in [2.75, 3.05) is 20.0 Å². The van der Waals surface area contributed by atoms with Crippen molar-refractivity contribution in [3.05, 3.63) is 41.5 Å². The third kappa shape index (κ3) is 2.39. The highest BCUT2D eigenvalue weighted by atomic mass is 19.1. The Bertz CT molecular complexity index is 747. The number of aromatic nitrogens is 1. The summed E-state index contributed by atoms with van der Waals surface area (Å²) >= 11 is 0. The van der Waals surface area contributed by atoms with Gasteiger partial charge in [-0.3, -0.25) is 0 Å². The molecule has 1 aromatic carbocycles. The maximum absolute atomic E-state index is 14.0. The number of hydrogen-bond donors (Lipinski definition) is 1. The van der Waals surface area contributed by atoms with Crippen LogP contribution in [0.4, 0.5) is 10.1 Å². The predicted octanol–water partition coefficient (Wildman–Crippen LogP) is 1.87. The number of anilines is 1. The van der Waals surface area contributed by atoms with E-state index < -0.39 is 11.8 Å². The standard InChI is InChI=1S/C14H12FN3O3/c1-20-9-3-4-10(15)11(5-9)18-7-8(6-16)12(17)13(18)14(19)21-2/h3-5,7H,17H2,1-2H3. The molecule has 21 heavy (non-hydrogen) atoms. The lowest BCUT2D eigenvalue weighted by atomic mass is 10.2. The van der Waals surface area contributed by atoms with Crippen molar-refractivity contribution in [1.82, 2.24) is 4.57 Å². The summed E-state index contributed by atoms with van der Waals surface area (Å²) in [6.07, 6.45) is 1.28. The molecular formula is C14H12FN3O3. The number of nitrogen functional groups attached to an aromatic ring is 1. The van der Waals surface area contributed by atoms with E-state index in [1.807, 2.05) is 6.07 Å². The van der Waals surface area contributed by atoms with Crippen LogP contribution in [0.25, 0.3) is 5.69 Å². The Morgan fingerprint density at radius 1 is 1.43 bits per heavy atom. The highest BCUT2D eigenvalue weighted by Gasteiger charge is 2.23. The molecule has 2 rings (SSSR count). The Balaban J connectivity index is 2.75. The Morgan fingerprint density at radius 2 is 2.14 bits per heavy atom. The van der Waals surface area contributed by atoms with Gasteiger partial charge < -0.3 is 19.8 Å². The number of rotatable bonds is 3. The molecule has 108 valence electrons. The molecule has 6 nitrogen and oxygen atoms in total. The lowest BCUT2D eigenvalue weighted by molar-refractivity contribution is 0.0593. The molecule has 1 heterocycles. The van der Waals surface area contributed by atoms with Gasteiger partial charge in [-0.2, -0.15) is 5.26 Å². The molecule has 0 fully saturated rings. The molecule has 2 N–H and O–H groups in total. The van der Waals surface area contributed by atoms with Gasteiger partial charge in [0.15, 0.2) is 5.69 Å². The number of halogens is 1. The summed E-state index contributed by atoms with van der Waals surface area (Å²) in [5.74, 6) is -0.968. The van der Waals surface area contributed by atoms with Crippen LogP contribution in [0.5, 0.6) is 5.75 Å². The van der Waals surface area contributed by atoms with Crippen LogP contribution in [-0.2, 0) is 4.74 Å². The van der Waals surface area contributed by atoms with E-state index in [0.717, 1.165) is 0 Å². The summed E-state index contributed by atoms with van der Waals surface area (Å²) in [4.78, 5) is 11.8. The van der Waals surface area contributed by atoms with Crippen molar-refractivity contribution in [1.29, 1.82) is 5.26 Å². The molecule has 7 heteroatoms. The zero-order valence-electron chi connectivity index (χ0n) is 11.4. The Hall–Kier alpha value is -3.01. The summed E-state index contributed by atoms with van der Waals surface area (Å²) in [6, 6.07) is 5.87. The van der Waals surface area contributed by atoms with E-state index in [1.54, 1.807) is 0 Å². The Kier molecular flexibility index (Phi) is 3.80. The molecule has 0 unspecified atom stereocenters. The first-order valence-corrected chi connectivity index (χ1v) is 5.86. The van der Waals surface area contributed by atoms with Crippen molar-refractivity contribution in [2.24, 2.45) is 0 Å². The van der Waals surface area contributed by atoms with Gasteiger partial charge in [0.2, 0.25) is 0 Å². The van der Waals surface area contributed by atoms with E-state index >= 15 is 0 Å². The summed E-state index contributed by atoms with van der Waals surface area (Å²) < 4.78 is 24.9. The number of carbonyl (C=O) groups is 1. The number of benzene rings is 1. The average molecular weight is 289 g/mol. The molecule has 0 radical (unpaired) electrons. The number of nitrogens with zero attached hydrogens (tertiary/aromatic N) is 2. The topological polar surface area (TPSA) is 90.3 Å². The van der Waals surface area contributed by atoms with Crippen LogP contribution < -0.4 is 10.5 Å². The number of carbonyl (C=O) groups excluding carboxylic acids is 1. The minimum absolute atomic E-state index is 0.0305. The summed E-state index contributed by atoms with van der Waals surface area (Å²) in [6.45, 7) is 0. The summed E-state index contributed by atoms with van der Waals surface area (Å²) in [7, 11) is 2.61. The second kappa shape index (κ2) is 5.54. The van der Waals surface area contributed by atoms with Crippen LogP contribution in [0.15, 0.2) is 24.4 Å².